The minimum atomic E-state index is 0.611. The Hall–Kier alpha value is -0.500. The van der Waals surface area contributed by atoms with Crippen molar-refractivity contribution in [3.05, 3.63) is 22.5 Å². The van der Waals surface area contributed by atoms with E-state index in [1.807, 2.05) is 18.0 Å². The Morgan fingerprint density at radius 2 is 2.67 bits per heavy atom. The summed E-state index contributed by atoms with van der Waals surface area (Å²) in [6, 6.07) is 0. The van der Waals surface area contributed by atoms with Gasteiger partial charge in [0.1, 0.15) is 0 Å². The fourth-order valence-electron chi connectivity index (χ4n) is 1.01. The van der Waals surface area contributed by atoms with Gasteiger partial charge in [-0.05, 0) is 16.4 Å². The molecule has 0 radical (unpaired) electrons. The first kappa shape index (κ1) is 5.30. The average Bonchev–Trinajstić information content (AvgIpc) is 2.33. The van der Waals surface area contributed by atoms with E-state index >= 15 is 0 Å². The van der Waals surface area contributed by atoms with E-state index in [0.29, 0.717) is 5.92 Å². The van der Waals surface area contributed by atoms with Crippen LogP contribution in [0.2, 0.25) is 0 Å². The number of fused-ring (bicyclic) bond motifs is 1. The molecular formula is C7H7NS. The predicted molar refractivity (Wildman–Crippen MR) is 41.7 cm³/mol. The quantitative estimate of drug-likeness (QED) is 0.496. The molecular weight excluding hydrogens is 130 g/mol. The minimum absolute atomic E-state index is 0.611. The van der Waals surface area contributed by atoms with Crippen molar-refractivity contribution in [3.8, 4) is 0 Å². The van der Waals surface area contributed by atoms with Crippen molar-refractivity contribution in [1.29, 1.82) is 0 Å². The first-order valence-electron chi connectivity index (χ1n) is 3.00. The Labute approximate surface area is 58.6 Å². The van der Waals surface area contributed by atoms with Gasteiger partial charge in [0, 0.05) is 18.7 Å². The van der Waals surface area contributed by atoms with Crippen molar-refractivity contribution in [2.75, 3.05) is 6.54 Å². The second-order valence-electron chi connectivity index (χ2n) is 2.14. The molecule has 0 aromatic heterocycles. The van der Waals surface area contributed by atoms with Gasteiger partial charge < -0.3 is 0 Å². The lowest BCUT2D eigenvalue weighted by molar-refractivity contribution is 0.812. The smallest absolute Gasteiger partial charge is 0.0498 e. The molecule has 0 saturated carbocycles. The Morgan fingerprint density at radius 1 is 1.67 bits per heavy atom. The molecule has 2 aliphatic rings. The van der Waals surface area contributed by atoms with Crippen molar-refractivity contribution >= 4 is 18.0 Å². The van der Waals surface area contributed by atoms with E-state index < -0.39 is 0 Å². The fourth-order valence-corrected chi connectivity index (χ4v) is 1.90. The Balaban J connectivity index is 2.29. The monoisotopic (exact) mass is 137 g/mol. The highest BCUT2D eigenvalue weighted by Gasteiger charge is 2.16. The molecule has 0 N–H and O–H groups in total. The lowest BCUT2D eigenvalue weighted by Gasteiger charge is -2.08. The number of dihydropyridines is 1. The van der Waals surface area contributed by atoms with Crippen LogP contribution in [0.25, 0.3) is 0 Å². The lowest BCUT2D eigenvalue weighted by atomic mass is 10.1. The highest BCUT2D eigenvalue weighted by atomic mass is 32.2. The first-order chi connectivity index (χ1) is 4.47. The fraction of sp³-hybridized carbons (Fsp3) is 0.286. The van der Waals surface area contributed by atoms with Crippen LogP contribution in [0.3, 0.4) is 0 Å². The Bertz CT molecular complexity index is 203. The number of nitrogens with zero attached hydrogens (tertiary/aromatic N) is 1. The van der Waals surface area contributed by atoms with Crippen LogP contribution in [-0.4, -0.2) is 12.8 Å². The molecule has 1 unspecified atom stereocenters. The zero-order valence-electron chi connectivity index (χ0n) is 4.95. The number of thioether (sulfide) groups is 1. The van der Waals surface area contributed by atoms with Crippen LogP contribution in [0.15, 0.2) is 27.5 Å². The molecule has 2 rings (SSSR count). The van der Waals surface area contributed by atoms with Gasteiger partial charge >= 0.3 is 0 Å². The molecule has 2 aliphatic heterocycles. The van der Waals surface area contributed by atoms with E-state index in [-0.39, 0.29) is 0 Å². The van der Waals surface area contributed by atoms with E-state index in [9.17, 15) is 0 Å². The molecule has 1 atom stereocenters. The molecule has 0 fully saturated rings. The van der Waals surface area contributed by atoms with Crippen LogP contribution >= 0.6 is 11.8 Å². The maximum absolute atomic E-state index is 4.15. The Morgan fingerprint density at radius 3 is 3.56 bits per heavy atom. The van der Waals surface area contributed by atoms with Crippen LogP contribution < -0.4 is 0 Å². The molecule has 9 heavy (non-hydrogen) atoms. The highest BCUT2D eigenvalue weighted by Crippen LogP contribution is 2.34. The number of hydrogen-bond acceptors (Lipinski definition) is 2. The van der Waals surface area contributed by atoms with E-state index in [4.69, 9.17) is 0 Å². The van der Waals surface area contributed by atoms with Gasteiger partial charge in [0.15, 0.2) is 0 Å². The van der Waals surface area contributed by atoms with Crippen LogP contribution in [0.1, 0.15) is 0 Å². The van der Waals surface area contributed by atoms with Gasteiger partial charge in [-0.1, -0.05) is 6.08 Å². The third kappa shape index (κ3) is 0.833. The van der Waals surface area contributed by atoms with Gasteiger partial charge in [0.25, 0.3) is 0 Å². The molecule has 0 saturated heterocycles. The lowest BCUT2D eigenvalue weighted by Crippen LogP contribution is -2.03. The zero-order chi connectivity index (χ0) is 6.10. The summed E-state index contributed by atoms with van der Waals surface area (Å²) in [5.41, 5.74) is 0. The maximum Gasteiger partial charge on any atom is 0.0498 e. The van der Waals surface area contributed by atoms with E-state index in [0.717, 1.165) is 6.54 Å². The van der Waals surface area contributed by atoms with Crippen molar-refractivity contribution in [3.63, 3.8) is 0 Å². The van der Waals surface area contributed by atoms with Crippen LogP contribution in [-0.2, 0) is 0 Å². The predicted octanol–water partition coefficient (Wildman–Crippen LogP) is 1.83. The summed E-state index contributed by atoms with van der Waals surface area (Å²) in [7, 11) is 0. The SMILES string of the molecule is C1=CC2CN=CC=C2S1. The number of allylic oxidation sites excluding steroid dienone is 1. The van der Waals surface area contributed by atoms with Gasteiger partial charge in [-0.15, -0.1) is 11.8 Å². The van der Waals surface area contributed by atoms with E-state index in [1.54, 1.807) is 0 Å². The standard InChI is InChI=1S/C7H7NS/c1-3-8-5-6-2-4-9-7(1)6/h1-4,6H,5H2. The van der Waals surface area contributed by atoms with Crippen LogP contribution in [0.4, 0.5) is 0 Å². The molecule has 0 bridgehead atoms. The number of aliphatic imine (C=N–C) groups is 1. The molecule has 46 valence electrons. The Kier molecular flexibility index (Phi) is 1.19. The van der Waals surface area contributed by atoms with Gasteiger partial charge in [0.2, 0.25) is 0 Å². The van der Waals surface area contributed by atoms with Gasteiger partial charge in [0.05, 0.1) is 0 Å². The van der Waals surface area contributed by atoms with E-state index in [1.165, 1.54) is 4.91 Å². The second kappa shape index (κ2) is 2.03. The summed E-state index contributed by atoms with van der Waals surface area (Å²) >= 11 is 1.82. The van der Waals surface area contributed by atoms with Crippen molar-refractivity contribution < 1.29 is 0 Å². The van der Waals surface area contributed by atoms with E-state index in [2.05, 4.69) is 22.6 Å². The normalized spacial score (nSPS) is 30.2. The third-order valence-electron chi connectivity index (χ3n) is 1.53. The second-order valence-corrected chi connectivity index (χ2v) is 3.12. The number of hydrogen-bond donors (Lipinski definition) is 0. The molecule has 0 amide bonds. The molecule has 0 aromatic rings. The minimum Gasteiger partial charge on any atom is -0.292 e. The van der Waals surface area contributed by atoms with Crippen molar-refractivity contribution in [1.82, 2.24) is 0 Å². The maximum atomic E-state index is 4.15. The van der Waals surface area contributed by atoms with Gasteiger partial charge in [-0.25, -0.2) is 0 Å². The molecule has 0 spiro atoms. The summed E-state index contributed by atoms with van der Waals surface area (Å²) in [5, 5.41) is 2.14. The van der Waals surface area contributed by atoms with Crippen LogP contribution in [0, 0.1) is 5.92 Å². The third-order valence-corrected chi connectivity index (χ3v) is 2.53. The summed E-state index contributed by atoms with van der Waals surface area (Å²) in [6.45, 7) is 0.954. The highest BCUT2D eigenvalue weighted by molar-refractivity contribution is 8.06. The summed E-state index contributed by atoms with van der Waals surface area (Å²) in [5.74, 6) is 0.611. The number of rotatable bonds is 0. The molecule has 0 aromatic carbocycles. The summed E-state index contributed by atoms with van der Waals surface area (Å²) in [4.78, 5) is 5.60. The topological polar surface area (TPSA) is 12.4 Å². The van der Waals surface area contributed by atoms with Crippen molar-refractivity contribution in [2.45, 2.75) is 0 Å². The van der Waals surface area contributed by atoms with Gasteiger partial charge in [-0.2, -0.15) is 0 Å². The summed E-state index contributed by atoms with van der Waals surface area (Å²) in [6.07, 6.45) is 6.21. The van der Waals surface area contributed by atoms with Crippen LogP contribution in [0.5, 0.6) is 0 Å². The first-order valence-corrected chi connectivity index (χ1v) is 3.88. The van der Waals surface area contributed by atoms with Crippen molar-refractivity contribution in [2.24, 2.45) is 10.9 Å². The average molecular weight is 137 g/mol. The van der Waals surface area contributed by atoms with Gasteiger partial charge in [-0.3, -0.25) is 4.99 Å². The molecule has 2 heterocycles. The summed E-state index contributed by atoms with van der Waals surface area (Å²) < 4.78 is 0. The molecule has 2 heteroatoms. The largest absolute Gasteiger partial charge is 0.292 e. The zero-order valence-corrected chi connectivity index (χ0v) is 5.77. The molecule has 0 aliphatic carbocycles. The molecule has 1 nitrogen and oxygen atoms in total.